The van der Waals surface area contributed by atoms with Crippen LogP contribution in [0.2, 0.25) is 0 Å². The minimum absolute atomic E-state index is 0.101. The van der Waals surface area contributed by atoms with Crippen LogP contribution in [0.3, 0.4) is 0 Å². The number of likely N-dealkylation sites (tertiary alicyclic amines) is 1. The van der Waals surface area contributed by atoms with E-state index >= 15 is 0 Å². The molecule has 4 saturated carbocycles. The van der Waals surface area contributed by atoms with Crippen LogP contribution in [0.5, 0.6) is 0 Å². The lowest BCUT2D eigenvalue weighted by molar-refractivity contribution is -0.149. The van der Waals surface area contributed by atoms with Gasteiger partial charge in [-0.2, -0.15) is 0 Å². The molecule has 0 aromatic heterocycles. The smallest absolute Gasteiger partial charge is 0.310 e. The van der Waals surface area contributed by atoms with E-state index in [1.807, 2.05) is 4.90 Å². The van der Waals surface area contributed by atoms with Crippen molar-refractivity contribution in [3.05, 3.63) is 0 Å². The van der Waals surface area contributed by atoms with Crippen LogP contribution in [0.25, 0.3) is 0 Å². The van der Waals surface area contributed by atoms with Crippen molar-refractivity contribution in [1.82, 2.24) is 4.90 Å². The summed E-state index contributed by atoms with van der Waals surface area (Å²) >= 11 is 0. The summed E-state index contributed by atoms with van der Waals surface area (Å²) in [6.07, 6.45) is 7.29. The first-order valence-corrected chi connectivity index (χ1v) is 8.52. The lowest BCUT2D eigenvalue weighted by Crippen LogP contribution is -2.51. The van der Waals surface area contributed by atoms with E-state index < -0.39 is 0 Å². The lowest BCUT2D eigenvalue weighted by Gasteiger charge is -2.54. The number of hydrogen-bond donors (Lipinski definition) is 0. The van der Waals surface area contributed by atoms with E-state index in [2.05, 4.69) is 0 Å². The number of esters is 1. The quantitative estimate of drug-likeness (QED) is 0.732. The standard InChI is InChI=1S/C17H25NO3/c1-21-17(20)12-2-3-18(9-12)16(19)15-13-5-10-4-11(7-13)8-14(15)6-10/h10-15H,2-9H2,1H3. The van der Waals surface area contributed by atoms with Gasteiger partial charge in [-0.25, -0.2) is 0 Å². The molecule has 0 aromatic rings. The summed E-state index contributed by atoms with van der Waals surface area (Å²) in [5, 5.41) is 0. The van der Waals surface area contributed by atoms with E-state index in [0.29, 0.717) is 24.3 Å². The van der Waals surface area contributed by atoms with Crippen LogP contribution >= 0.6 is 0 Å². The minimum atomic E-state index is -0.157. The average molecular weight is 291 g/mol. The van der Waals surface area contributed by atoms with Crippen LogP contribution in [0.1, 0.15) is 38.5 Å². The minimum Gasteiger partial charge on any atom is -0.469 e. The largest absolute Gasteiger partial charge is 0.469 e. The van der Waals surface area contributed by atoms with Crippen LogP contribution in [0.4, 0.5) is 0 Å². The molecule has 1 saturated heterocycles. The molecule has 5 aliphatic rings. The second-order valence-corrected chi connectivity index (χ2v) is 7.75. The third-order valence-corrected chi connectivity index (χ3v) is 6.55. The molecule has 5 rings (SSSR count). The molecular formula is C17H25NO3. The topological polar surface area (TPSA) is 46.6 Å². The van der Waals surface area contributed by atoms with Gasteiger partial charge in [-0.05, 0) is 62.2 Å². The zero-order valence-electron chi connectivity index (χ0n) is 12.8. The predicted molar refractivity (Wildman–Crippen MR) is 77.2 cm³/mol. The summed E-state index contributed by atoms with van der Waals surface area (Å²) in [4.78, 5) is 26.6. The monoisotopic (exact) mass is 291 g/mol. The summed E-state index contributed by atoms with van der Waals surface area (Å²) in [7, 11) is 1.44. The van der Waals surface area contributed by atoms with Gasteiger partial charge >= 0.3 is 5.97 Å². The predicted octanol–water partition coefficient (Wildman–Crippen LogP) is 2.08. The number of hydrogen-bond acceptors (Lipinski definition) is 3. The summed E-state index contributed by atoms with van der Waals surface area (Å²) < 4.78 is 4.83. The molecule has 5 fully saturated rings. The zero-order valence-corrected chi connectivity index (χ0v) is 12.8. The Hall–Kier alpha value is -1.06. The van der Waals surface area contributed by atoms with Gasteiger partial charge in [0.05, 0.1) is 13.0 Å². The third kappa shape index (κ3) is 2.18. The first-order valence-electron chi connectivity index (χ1n) is 8.52. The first-order chi connectivity index (χ1) is 10.2. The van der Waals surface area contributed by atoms with E-state index in [0.717, 1.165) is 24.8 Å². The summed E-state index contributed by atoms with van der Waals surface area (Å²) in [5.41, 5.74) is 0. The highest BCUT2D eigenvalue weighted by atomic mass is 16.5. The number of ether oxygens (including phenoxy) is 1. The van der Waals surface area contributed by atoms with Crippen molar-refractivity contribution < 1.29 is 14.3 Å². The molecular weight excluding hydrogens is 266 g/mol. The van der Waals surface area contributed by atoms with E-state index in [-0.39, 0.29) is 17.8 Å². The summed E-state index contributed by atoms with van der Waals surface area (Å²) in [5.74, 6) is 3.41. The van der Waals surface area contributed by atoms with Crippen LogP contribution in [0, 0.1) is 35.5 Å². The van der Waals surface area contributed by atoms with E-state index in [1.165, 1.54) is 39.2 Å². The Morgan fingerprint density at radius 2 is 1.62 bits per heavy atom. The van der Waals surface area contributed by atoms with Gasteiger partial charge in [0.25, 0.3) is 0 Å². The fourth-order valence-corrected chi connectivity index (χ4v) is 5.86. The van der Waals surface area contributed by atoms with Crippen LogP contribution in [-0.4, -0.2) is 37.0 Å². The number of carbonyl (C=O) groups is 2. The van der Waals surface area contributed by atoms with E-state index in [4.69, 9.17) is 4.74 Å². The molecule has 1 amide bonds. The number of rotatable bonds is 2. The van der Waals surface area contributed by atoms with Crippen molar-refractivity contribution in [2.24, 2.45) is 35.5 Å². The van der Waals surface area contributed by atoms with Gasteiger partial charge in [0, 0.05) is 19.0 Å². The number of carbonyl (C=O) groups excluding carboxylic acids is 2. The van der Waals surface area contributed by atoms with Crippen LogP contribution < -0.4 is 0 Å². The zero-order chi connectivity index (χ0) is 14.6. The highest BCUT2D eigenvalue weighted by Gasteiger charge is 2.52. The fourth-order valence-electron chi connectivity index (χ4n) is 5.86. The highest BCUT2D eigenvalue weighted by Crippen LogP contribution is 2.57. The molecule has 1 unspecified atom stereocenters. The summed E-state index contributed by atoms with van der Waals surface area (Å²) in [6.45, 7) is 1.32. The van der Waals surface area contributed by atoms with Crippen molar-refractivity contribution in [3.63, 3.8) is 0 Å². The van der Waals surface area contributed by atoms with Crippen molar-refractivity contribution in [3.8, 4) is 0 Å². The van der Waals surface area contributed by atoms with Gasteiger partial charge < -0.3 is 9.64 Å². The second kappa shape index (κ2) is 4.99. The van der Waals surface area contributed by atoms with Gasteiger partial charge in [0.2, 0.25) is 5.91 Å². The Kier molecular flexibility index (Phi) is 3.23. The van der Waals surface area contributed by atoms with Gasteiger partial charge in [-0.1, -0.05) is 0 Å². The number of amides is 1. The SMILES string of the molecule is COC(=O)C1CCN(C(=O)C2C3CC4CC(C3)CC2C4)C1. The van der Waals surface area contributed by atoms with Gasteiger partial charge in [-0.3, -0.25) is 9.59 Å². The molecule has 0 aromatic carbocycles. The van der Waals surface area contributed by atoms with Gasteiger partial charge in [0.1, 0.15) is 0 Å². The maximum absolute atomic E-state index is 13.0. The van der Waals surface area contributed by atoms with Crippen LogP contribution in [0.15, 0.2) is 0 Å². The normalized spacial score (nSPS) is 44.1. The molecule has 4 nitrogen and oxygen atoms in total. The third-order valence-electron chi connectivity index (χ3n) is 6.55. The van der Waals surface area contributed by atoms with Crippen molar-refractivity contribution in [1.29, 1.82) is 0 Å². The molecule has 4 bridgehead atoms. The summed E-state index contributed by atoms with van der Waals surface area (Å²) in [6, 6.07) is 0. The molecule has 0 radical (unpaired) electrons. The number of nitrogens with zero attached hydrogens (tertiary/aromatic N) is 1. The maximum atomic E-state index is 13.0. The Balaban J connectivity index is 1.45. The number of methoxy groups -OCH3 is 1. The molecule has 1 atom stereocenters. The fraction of sp³-hybridized carbons (Fsp3) is 0.882. The van der Waals surface area contributed by atoms with Crippen molar-refractivity contribution >= 4 is 11.9 Å². The molecule has 1 aliphatic heterocycles. The van der Waals surface area contributed by atoms with Crippen molar-refractivity contribution in [2.75, 3.05) is 20.2 Å². The van der Waals surface area contributed by atoms with Crippen molar-refractivity contribution in [2.45, 2.75) is 38.5 Å². The maximum Gasteiger partial charge on any atom is 0.310 e. The van der Waals surface area contributed by atoms with Crippen LogP contribution in [-0.2, 0) is 14.3 Å². The molecule has 0 spiro atoms. The van der Waals surface area contributed by atoms with Gasteiger partial charge in [-0.15, -0.1) is 0 Å². The molecule has 21 heavy (non-hydrogen) atoms. The molecule has 0 N–H and O–H groups in total. The highest BCUT2D eigenvalue weighted by molar-refractivity contribution is 5.82. The Morgan fingerprint density at radius 1 is 1.00 bits per heavy atom. The lowest BCUT2D eigenvalue weighted by atomic mass is 9.51. The van der Waals surface area contributed by atoms with E-state index in [9.17, 15) is 9.59 Å². The molecule has 1 heterocycles. The Morgan fingerprint density at radius 3 is 2.19 bits per heavy atom. The molecule has 4 heteroatoms. The van der Waals surface area contributed by atoms with Gasteiger partial charge in [0.15, 0.2) is 0 Å². The average Bonchev–Trinajstić information content (AvgIpc) is 2.95. The second-order valence-electron chi connectivity index (χ2n) is 7.75. The Labute approximate surface area is 126 Å². The molecule has 116 valence electrons. The van der Waals surface area contributed by atoms with E-state index in [1.54, 1.807) is 0 Å². The molecule has 4 aliphatic carbocycles. The first kappa shape index (κ1) is 13.6. The Bertz CT molecular complexity index is 433.